The highest BCUT2D eigenvalue weighted by atomic mass is 79.9. The quantitative estimate of drug-likeness (QED) is 0.843. The molecule has 1 atom stereocenters. The molecule has 2 heteroatoms. The lowest BCUT2D eigenvalue weighted by atomic mass is 9.84. The van der Waals surface area contributed by atoms with Gasteiger partial charge in [0, 0.05) is 10.9 Å². The summed E-state index contributed by atoms with van der Waals surface area (Å²) >= 11 is 3.48. The Morgan fingerprint density at radius 2 is 1.70 bits per heavy atom. The molecule has 0 spiro atoms. The summed E-state index contributed by atoms with van der Waals surface area (Å²) in [5.41, 5.74) is 3.82. The van der Waals surface area contributed by atoms with Gasteiger partial charge in [0.25, 0.3) is 0 Å². The molecule has 2 rings (SSSR count). The van der Waals surface area contributed by atoms with Crippen LogP contribution in [0, 0.1) is 13.8 Å². The number of hydrogen-bond acceptors (Lipinski definition) is 1. The molecule has 0 aliphatic heterocycles. The van der Waals surface area contributed by atoms with E-state index in [1.807, 2.05) is 31.2 Å². The third-order valence-corrected chi connectivity index (χ3v) is 4.22. The van der Waals surface area contributed by atoms with Crippen LogP contribution in [0.4, 0.5) is 0 Å². The molecule has 1 nitrogen and oxygen atoms in total. The van der Waals surface area contributed by atoms with Crippen molar-refractivity contribution in [2.75, 3.05) is 0 Å². The van der Waals surface area contributed by atoms with Crippen LogP contribution in [0.5, 0.6) is 0 Å². The van der Waals surface area contributed by atoms with Gasteiger partial charge in [-0.1, -0.05) is 64.3 Å². The monoisotopic (exact) mass is 332 g/mol. The van der Waals surface area contributed by atoms with Crippen LogP contribution >= 0.6 is 15.9 Å². The van der Waals surface area contributed by atoms with Crippen molar-refractivity contribution in [2.45, 2.75) is 39.2 Å². The predicted molar refractivity (Wildman–Crippen MR) is 87.9 cm³/mol. The minimum atomic E-state index is -0.815. The van der Waals surface area contributed by atoms with E-state index in [2.05, 4.69) is 48.0 Å². The van der Waals surface area contributed by atoms with Crippen LogP contribution in [0.15, 0.2) is 46.9 Å². The smallest absolute Gasteiger partial charge is 0.0934 e. The number of aryl methyl sites for hydroxylation is 2. The Bertz CT molecular complexity index is 586. The number of benzene rings is 2. The second-order valence-electron chi connectivity index (χ2n) is 5.57. The Hall–Kier alpha value is -1.12. The molecule has 0 bridgehead atoms. The van der Waals surface area contributed by atoms with Crippen molar-refractivity contribution < 1.29 is 5.11 Å². The van der Waals surface area contributed by atoms with Gasteiger partial charge < -0.3 is 5.11 Å². The summed E-state index contributed by atoms with van der Waals surface area (Å²) in [7, 11) is 0. The molecule has 0 aliphatic carbocycles. The van der Waals surface area contributed by atoms with Crippen molar-refractivity contribution in [1.29, 1.82) is 0 Å². The third-order valence-electron chi connectivity index (χ3n) is 3.72. The fourth-order valence-electron chi connectivity index (χ4n) is 2.72. The minimum absolute atomic E-state index is 0.641. The zero-order chi connectivity index (χ0) is 14.8. The Labute approximate surface area is 129 Å². The first-order valence-electron chi connectivity index (χ1n) is 6.98. The van der Waals surface area contributed by atoms with Gasteiger partial charge >= 0.3 is 0 Å². The molecule has 0 saturated heterocycles. The average Bonchev–Trinajstić information content (AvgIpc) is 2.37. The third kappa shape index (κ3) is 3.50. The standard InChI is InChI=1S/C18H21BrO/c1-4-18(20,16-6-5-7-17(19)11-16)12-15-9-13(2)8-14(3)10-15/h5-11,20H,4,12H2,1-3H3. The summed E-state index contributed by atoms with van der Waals surface area (Å²) in [6, 6.07) is 14.4. The van der Waals surface area contributed by atoms with Crippen LogP contribution in [0.2, 0.25) is 0 Å². The number of halogens is 1. The van der Waals surface area contributed by atoms with Crippen LogP contribution < -0.4 is 0 Å². The largest absolute Gasteiger partial charge is 0.385 e. The molecule has 20 heavy (non-hydrogen) atoms. The molecular formula is C18H21BrO. The van der Waals surface area contributed by atoms with Crippen LogP contribution in [-0.2, 0) is 12.0 Å². The van der Waals surface area contributed by atoms with Crippen molar-refractivity contribution in [2.24, 2.45) is 0 Å². The maximum absolute atomic E-state index is 11.0. The first-order valence-corrected chi connectivity index (χ1v) is 7.78. The predicted octanol–water partition coefficient (Wildman–Crippen LogP) is 4.91. The molecule has 0 aromatic heterocycles. The summed E-state index contributed by atoms with van der Waals surface area (Å²) in [4.78, 5) is 0. The van der Waals surface area contributed by atoms with Crippen molar-refractivity contribution in [3.63, 3.8) is 0 Å². The lowest BCUT2D eigenvalue weighted by Crippen LogP contribution is -2.27. The van der Waals surface area contributed by atoms with Gasteiger partial charge in [-0.05, 0) is 43.5 Å². The van der Waals surface area contributed by atoms with Gasteiger partial charge in [0.05, 0.1) is 5.60 Å². The zero-order valence-electron chi connectivity index (χ0n) is 12.3. The van der Waals surface area contributed by atoms with E-state index in [-0.39, 0.29) is 0 Å². The molecule has 0 fully saturated rings. The van der Waals surface area contributed by atoms with E-state index in [4.69, 9.17) is 0 Å². The molecule has 1 N–H and O–H groups in total. The SMILES string of the molecule is CCC(O)(Cc1cc(C)cc(C)c1)c1cccc(Br)c1. The summed E-state index contributed by atoms with van der Waals surface area (Å²) in [6.07, 6.45) is 1.33. The Morgan fingerprint density at radius 3 is 2.25 bits per heavy atom. The van der Waals surface area contributed by atoms with Crippen LogP contribution in [0.25, 0.3) is 0 Å². The average molecular weight is 333 g/mol. The minimum Gasteiger partial charge on any atom is -0.385 e. The highest BCUT2D eigenvalue weighted by Gasteiger charge is 2.27. The van der Waals surface area contributed by atoms with Crippen molar-refractivity contribution >= 4 is 15.9 Å². The normalized spacial score (nSPS) is 14.1. The summed E-state index contributed by atoms with van der Waals surface area (Å²) in [5, 5.41) is 11.0. The van der Waals surface area contributed by atoms with Gasteiger partial charge in [0.15, 0.2) is 0 Å². The van der Waals surface area contributed by atoms with Gasteiger partial charge in [0.2, 0.25) is 0 Å². The van der Waals surface area contributed by atoms with Gasteiger partial charge in [-0.2, -0.15) is 0 Å². The second kappa shape index (κ2) is 6.11. The number of aliphatic hydroxyl groups is 1. The van der Waals surface area contributed by atoms with Gasteiger partial charge in [0.1, 0.15) is 0 Å². The zero-order valence-corrected chi connectivity index (χ0v) is 13.9. The molecule has 0 heterocycles. The Morgan fingerprint density at radius 1 is 1.05 bits per heavy atom. The lowest BCUT2D eigenvalue weighted by Gasteiger charge is -2.28. The lowest BCUT2D eigenvalue weighted by molar-refractivity contribution is 0.0326. The topological polar surface area (TPSA) is 20.2 Å². The molecular weight excluding hydrogens is 312 g/mol. The van der Waals surface area contributed by atoms with E-state index in [1.54, 1.807) is 0 Å². The van der Waals surface area contributed by atoms with E-state index in [0.717, 1.165) is 10.0 Å². The first kappa shape index (κ1) is 15.3. The van der Waals surface area contributed by atoms with Crippen LogP contribution in [-0.4, -0.2) is 5.11 Å². The summed E-state index contributed by atoms with van der Waals surface area (Å²) in [5.74, 6) is 0. The molecule has 0 saturated carbocycles. The van der Waals surface area contributed by atoms with E-state index in [0.29, 0.717) is 12.8 Å². The van der Waals surface area contributed by atoms with Gasteiger partial charge in [-0.15, -0.1) is 0 Å². The van der Waals surface area contributed by atoms with Gasteiger partial charge in [-0.25, -0.2) is 0 Å². The number of rotatable bonds is 4. The molecule has 2 aromatic rings. The Kier molecular flexibility index (Phi) is 4.66. The van der Waals surface area contributed by atoms with Crippen molar-refractivity contribution in [3.05, 3.63) is 69.2 Å². The number of hydrogen-bond donors (Lipinski definition) is 1. The molecule has 1 unspecified atom stereocenters. The highest BCUT2D eigenvalue weighted by molar-refractivity contribution is 9.10. The summed E-state index contributed by atoms with van der Waals surface area (Å²) < 4.78 is 1.00. The van der Waals surface area contributed by atoms with E-state index in [9.17, 15) is 5.11 Å². The van der Waals surface area contributed by atoms with Crippen LogP contribution in [0.3, 0.4) is 0 Å². The van der Waals surface area contributed by atoms with Crippen molar-refractivity contribution in [3.8, 4) is 0 Å². The Balaban J connectivity index is 2.36. The van der Waals surface area contributed by atoms with E-state index >= 15 is 0 Å². The van der Waals surface area contributed by atoms with Crippen LogP contribution in [0.1, 0.15) is 35.6 Å². The molecule has 0 amide bonds. The second-order valence-corrected chi connectivity index (χ2v) is 6.48. The van der Waals surface area contributed by atoms with E-state index < -0.39 is 5.60 Å². The molecule has 2 aromatic carbocycles. The summed E-state index contributed by atoms with van der Waals surface area (Å²) in [6.45, 7) is 6.23. The van der Waals surface area contributed by atoms with Gasteiger partial charge in [-0.3, -0.25) is 0 Å². The highest BCUT2D eigenvalue weighted by Crippen LogP contribution is 2.31. The fraction of sp³-hybridized carbons (Fsp3) is 0.333. The van der Waals surface area contributed by atoms with E-state index in [1.165, 1.54) is 16.7 Å². The first-order chi connectivity index (χ1) is 9.43. The molecule has 0 radical (unpaired) electrons. The van der Waals surface area contributed by atoms with Crippen molar-refractivity contribution in [1.82, 2.24) is 0 Å². The molecule has 0 aliphatic rings. The fourth-order valence-corrected chi connectivity index (χ4v) is 3.12. The maximum Gasteiger partial charge on any atom is 0.0934 e. The molecule has 106 valence electrons. The maximum atomic E-state index is 11.0.